The minimum absolute atomic E-state index is 0.629. The van der Waals surface area contributed by atoms with Crippen molar-refractivity contribution in [3.8, 4) is 0 Å². The highest BCUT2D eigenvalue weighted by molar-refractivity contribution is 5.56. The summed E-state index contributed by atoms with van der Waals surface area (Å²) in [5, 5.41) is 10.3. The molecule has 22 heavy (non-hydrogen) atoms. The van der Waals surface area contributed by atoms with E-state index in [-0.39, 0.29) is 0 Å². The second kappa shape index (κ2) is 6.26. The van der Waals surface area contributed by atoms with Crippen LogP contribution < -0.4 is 10.6 Å². The van der Waals surface area contributed by atoms with Gasteiger partial charge in [0.1, 0.15) is 23.2 Å². The molecule has 3 aromatic rings. The molecule has 0 spiro atoms. The van der Waals surface area contributed by atoms with Crippen molar-refractivity contribution < 1.29 is 4.52 Å². The summed E-state index contributed by atoms with van der Waals surface area (Å²) in [7, 11) is 0. The van der Waals surface area contributed by atoms with Crippen LogP contribution in [0.15, 0.2) is 47.0 Å². The van der Waals surface area contributed by atoms with Crippen LogP contribution in [0, 0.1) is 13.8 Å². The smallest absolute Gasteiger partial charge is 0.175 e. The molecule has 3 rings (SSSR count). The molecule has 0 unspecified atom stereocenters. The average molecular weight is 295 g/mol. The highest BCUT2D eigenvalue weighted by Gasteiger charge is 2.05. The molecule has 112 valence electrons. The monoisotopic (exact) mass is 295 g/mol. The highest BCUT2D eigenvalue weighted by Crippen LogP contribution is 2.17. The van der Waals surface area contributed by atoms with E-state index in [4.69, 9.17) is 4.52 Å². The van der Waals surface area contributed by atoms with Gasteiger partial charge in [0.15, 0.2) is 5.82 Å². The van der Waals surface area contributed by atoms with Gasteiger partial charge in [-0.15, -0.1) is 0 Å². The molecule has 2 aromatic heterocycles. The molecule has 0 aliphatic heterocycles. The van der Waals surface area contributed by atoms with Crippen LogP contribution >= 0.6 is 0 Å². The first-order valence-corrected chi connectivity index (χ1v) is 7.03. The molecule has 0 amide bonds. The molecule has 0 fully saturated rings. The lowest BCUT2D eigenvalue weighted by Crippen LogP contribution is -2.05. The van der Waals surface area contributed by atoms with E-state index in [2.05, 4.69) is 37.9 Å². The first-order chi connectivity index (χ1) is 10.7. The predicted octanol–water partition coefficient (Wildman–Crippen LogP) is 3.44. The van der Waals surface area contributed by atoms with E-state index in [1.54, 1.807) is 0 Å². The topological polar surface area (TPSA) is 75.9 Å². The molecule has 6 heteroatoms. The Bertz CT molecular complexity index is 754. The number of benzene rings is 1. The molecule has 0 aliphatic carbocycles. The highest BCUT2D eigenvalue weighted by atomic mass is 16.5. The molecule has 0 radical (unpaired) electrons. The van der Waals surface area contributed by atoms with Crippen LogP contribution in [0.5, 0.6) is 0 Å². The zero-order valence-electron chi connectivity index (χ0n) is 12.5. The maximum absolute atomic E-state index is 5.03. The Hall–Kier alpha value is -2.89. The second-order valence-corrected chi connectivity index (χ2v) is 4.97. The van der Waals surface area contributed by atoms with Gasteiger partial charge in [0, 0.05) is 18.7 Å². The minimum Gasteiger partial charge on any atom is -0.366 e. The summed E-state index contributed by atoms with van der Waals surface area (Å²) in [5.41, 5.74) is 1.19. The maximum Gasteiger partial charge on any atom is 0.175 e. The van der Waals surface area contributed by atoms with Gasteiger partial charge < -0.3 is 15.2 Å². The zero-order chi connectivity index (χ0) is 15.4. The number of nitrogens with zero attached hydrogens (tertiary/aromatic N) is 3. The quantitative estimate of drug-likeness (QED) is 0.751. The van der Waals surface area contributed by atoms with Crippen LogP contribution in [0.2, 0.25) is 0 Å². The largest absolute Gasteiger partial charge is 0.366 e. The van der Waals surface area contributed by atoms with Gasteiger partial charge >= 0.3 is 0 Å². The van der Waals surface area contributed by atoms with Crippen LogP contribution in [-0.4, -0.2) is 15.1 Å². The van der Waals surface area contributed by atoms with Crippen molar-refractivity contribution in [2.24, 2.45) is 0 Å². The molecule has 1 aromatic carbocycles. The number of aromatic nitrogens is 3. The van der Waals surface area contributed by atoms with E-state index in [0.29, 0.717) is 24.0 Å². The molecule has 6 nitrogen and oxygen atoms in total. The van der Waals surface area contributed by atoms with Gasteiger partial charge in [-0.3, -0.25) is 0 Å². The number of aryl methyl sites for hydroxylation is 2. The number of hydrogen-bond donors (Lipinski definition) is 2. The molecule has 0 saturated heterocycles. The second-order valence-electron chi connectivity index (χ2n) is 4.97. The Labute approximate surface area is 128 Å². The van der Waals surface area contributed by atoms with E-state index in [0.717, 1.165) is 11.6 Å². The van der Waals surface area contributed by atoms with Gasteiger partial charge in [-0.1, -0.05) is 35.5 Å². The molecule has 2 N–H and O–H groups in total. The van der Waals surface area contributed by atoms with E-state index >= 15 is 0 Å². The van der Waals surface area contributed by atoms with Crippen LogP contribution in [-0.2, 0) is 6.54 Å². The van der Waals surface area contributed by atoms with E-state index in [9.17, 15) is 0 Å². The van der Waals surface area contributed by atoms with E-state index < -0.39 is 0 Å². The zero-order valence-corrected chi connectivity index (χ0v) is 12.5. The minimum atomic E-state index is 0.629. The Kier molecular flexibility index (Phi) is 4.00. The van der Waals surface area contributed by atoms with Crippen molar-refractivity contribution in [1.29, 1.82) is 0 Å². The first-order valence-electron chi connectivity index (χ1n) is 7.03. The molecular weight excluding hydrogens is 278 g/mol. The number of hydrogen-bond acceptors (Lipinski definition) is 6. The van der Waals surface area contributed by atoms with Crippen molar-refractivity contribution in [3.63, 3.8) is 0 Å². The molecule has 0 atom stereocenters. The van der Waals surface area contributed by atoms with Gasteiger partial charge in [-0.2, -0.15) is 0 Å². The number of anilines is 3. The van der Waals surface area contributed by atoms with Crippen LogP contribution in [0.3, 0.4) is 0 Å². The molecule has 0 bridgehead atoms. The Balaban J connectivity index is 1.72. The summed E-state index contributed by atoms with van der Waals surface area (Å²) in [6, 6.07) is 13.8. The van der Waals surface area contributed by atoms with Crippen molar-refractivity contribution in [3.05, 3.63) is 59.6 Å². The summed E-state index contributed by atoms with van der Waals surface area (Å²) in [4.78, 5) is 8.74. The SMILES string of the molecule is Cc1nc(NCc2ccccc2)cc(Nc2cc(C)on2)n1. The van der Waals surface area contributed by atoms with Crippen LogP contribution in [0.4, 0.5) is 17.5 Å². The van der Waals surface area contributed by atoms with Crippen molar-refractivity contribution in [2.75, 3.05) is 10.6 Å². The van der Waals surface area contributed by atoms with Gasteiger partial charge in [-0.05, 0) is 19.4 Å². The van der Waals surface area contributed by atoms with Crippen LogP contribution in [0.1, 0.15) is 17.1 Å². The van der Waals surface area contributed by atoms with Crippen molar-refractivity contribution in [2.45, 2.75) is 20.4 Å². The fourth-order valence-electron chi connectivity index (χ4n) is 2.07. The van der Waals surface area contributed by atoms with Gasteiger partial charge in [-0.25, -0.2) is 9.97 Å². The lowest BCUT2D eigenvalue weighted by molar-refractivity contribution is 0.400. The summed E-state index contributed by atoms with van der Waals surface area (Å²) >= 11 is 0. The Morgan fingerprint density at radius 2 is 1.73 bits per heavy atom. The molecule has 0 aliphatic rings. The fourth-order valence-corrected chi connectivity index (χ4v) is 2.07. The first kappa shape index (κ1) is 14.1. The summed E-state index contributed by atoms with van der Waals surface area (Å²) in [5.74, 6) is 3.50. The normalized spacial score (nSPS) is 10.5. The Morgan fingerprint density at radius 3 is 2.45 bits per heavy atom. The Morgan fingerprint density at radius 1 is 0.955 bits per heavy atom. The third-order valence-corrected chi connectivity index (χ3v) is 3.04. The molecular formula is C16H17N5O. The summed E-state index contributed by atoms with van der Waals surface area (Å²) < 4.78 is 5.03. The number of nitrogens with one attached hydrogen (secondary N) is 2. The number of rotatable bonds is 5. The predicted molar refractivity (Wildman–Crippen MR) is 85.1 cm³/mol. The lowest BCUT2D eigenvalue weighted by Gasteiger charge is -2.09. The van der Waals surface area contributed by atoms with Gasteiger partial charge in [0.2, 0.25) is 0 Å². The standard InChI is InChI=1S/C16H17N5O/c1-11-8-16(21-22-11)20-15-9-14(18-12(2)19-15)17-10-13-6-4-3-5-7-13/h3-9H,10H2,1-2H3,(H2,17,18,19,20,21). The molecule has 2 heterocycles. The lowest BCUT2D eigenvalue weighted by atomic mass is 10.2. The van der Waals surface area contributed by atoms with Crippen molar-refractivity contribution >= 4 is 17.5 Å². The maximum atomic E-state index is 5.03. The summed E-state index contributed by atoms with van der Waals surface area (Å²) in [6.07, 6.45) is 0. The van der Waals surface area contributed by atoms with E-state index in [1.165, 1.54) is 5.56 Å². The fraction of sp³-hybridized carbons (Fsp3) is 0.188. The third-order valence-electron chi connectivity index (χ3n) is 3.04. The van der Waals surface area contributed by atoms with E-state index in [1.807, 2.05) is 44.2 Å². The molecule has 0 saturated carbocycles. The van der Waals surface area contributed by atoms with Gasteiger partial charge in [0.25, 0.3) is 0 Å². The van der Waals surface area contributed by atoms with Gasteiger partial charge in [0.05, 0.1) is 0 Å². The van der Waals surface area contributed by atoms with Crippen molar-refractivity contribution in [1.82, 2.24) is 15.1 Å². The van der Waals surface area contributed by atoms with Crippen LogP contribution in [0.25, 0.3) is 0 Å². The summed E-state index contributed by atoms with van der Waals surface area (Å²) in [6.45, 7) is 4.41. The third kappa shape index (κ3) is 3.60. The average Bonchev–Trinajstić information content (AvgIpc) is 2.91.